The Morgan fingerprint density at radius 1 is 0.548 bits per heavy atom. The number of benzene rings is 4. The van der Waals surface area contributed by atoms with Crippen LogP contribution in [0, 0.1) is 0 Å². The molecule has 42 heavy (non-hydrogen) atoms. The Kier molecular flexibility index (Phi) is 11.1. The van der Waals surface area contributed by atoms with Crippen molar-refractivity contribution in [1.29, 1.82) is 0 Å². The average Bonchev–Trinajstić information content (AvgIpc) is 3.05. The van der Waals surface area contributed by atoms with Gasteiger partial charge in [-0.05, 0) is 27.8 Å². The van der Waals surface area contributed by atoms with E-state index in [-0.39, 0.29) is 13.2 Å². The molecule has 0 radical (unpaired) electrons. The molecule has 1 aliphatic rings. The Hall–Kier alpha value is -4.01. The molecule has 1 saturated heterocycles. The van der Waals surface area contributed by atoms with E-state index in [4.69, 9.17) is 23.7 Å². The number of rotatable bonds is 14. The van der Waals surface area contributed by atoms with Gasteiger partial charge in [0, 0.05) is 4.91 Å². The molecule has 5 atom stereocenters. The number of hydrogen-bond donors (Lipinski definition) is 0. The minimum absolute atomic E-state index is 0.211. The van der Waals surface area contributed by atoms with Gasteiger partial charge in [0.25, 0.3) is 0 Å². The van der Waals surface area contributed by atoms with E-state index in [0.717, 1.165) is 22.3 Å². The summed E-state index contributed by atoms with van der Waals surface area (Å²) in [6.07, 6.45) is -3.44. The first-order chi connectivity index (χ1) is 20.8. The molecular weight excluding hydrogens is 530 g/mol. The van der Waals surface area contributed by atoms with Crippen LogP contribution in [-0.4, -0.2) is 37.3 Å². The van der Waals surface area contributed by atoms with E-state index in [2.05, 4.69) is 10.0 Å². The third-order valence-electron chi connectivity index (χ3n) is 7.02. The molecule has 0 aromatic heterocycles. The van der Waals surface area contributed by atoms with E-state index in [1.54, 1.807) is 0 Å². The van der Waals surface area contributed by atoms with Gasteiger partial charge in [0.15, 0.2) is 6.23 Å². The molecule has 216 valence electrons. The minimum atomic E-state index is -0.943. The van der Waals surface area contributed by atoms with Crippen LogP contribution in [0.25, 0.3) is 10.4 Å². The first kappa shape index (κ1) is 29.5. The Balaban J connectivity index is 1.41. The molecule has 1 fully saturated rings. The van der Waals surface area contributed by atoms with E-state index in [1.807, 2.05) is 121 Å². The second-order valence-corrected chi connectivity index (χ2v) is 10.1. The maximum absolute atomic E-state index is 9.46. The first-order valence-corrected chi connectivity index (χ1v) is 14.1. The normalized spacial score (nSPS) is 21.9. The van der Waals surface area contributed by atoms with Gasteiger partial charge in [0.2, 0.25) is 0 Å². The highest BCUT2D eigenvalue weighted by Gasteiger charge is 2.48. The molecule has 1 aliphatic heterocycles. The fraction of sp³-hybridized carbons (Fsp3) is 0.294. The predicted octanol–water partition coefficient (Wildman–Crippen LogP) is 6.99. The summed E-state index contributed by atoms with van der Waals surface area (Å²) in [4.78, 5) is 3.08. The average molecular weight is 566 g/mol. The molecular formula is C34H35N3O5. The highest BCUT2D eigenvalue weighted by Crippen LogP contribution is 2.31. The molecule has 4 aromatic carbocycles. The van der Waals surface area contributed by atoms with Gasteiger partial charge in [-0.2, -0.15) is 0 Å². The Morgan fingerprint density at radius 2 is 0.952 bits per heavy atom. The minimum Gasteiger partial charge on any atom is -0.374 e. The van der Waals surface area contributed by atoms with Gasteiger partial charge < -0.3 is 23.7 Å². The molecule has 8 heteroatoms. The van der Waals surface area contributed by atoms with Crippen LogP contribution in [0.4, 0.5) is 0 Å². The standard InChI is InChI=1S/C34H35N3O5/c35-37-36-34-33(41-24-29-19-11-4-12-20-29)32(40-23-28-17-9-3-10-18-28)31(39-22-27-15-7-2-8-16-27)30(42-34)25-38-21-26-13-5-1-6-14-26/h1-20,30-34H,21-25H2/t30-,31-,32+,33-,34+/m1/s1. The summed E-state index contributed by atoms with van der Waals surface area (Å²) in [5, 5.41) is 3.99. The molecule has 0 amide bonds. The number of azide groups is 1. The fourth-order valence-electron chi connectivity index (χ4n) is 4.91. The third kappa shape index (κ3) is 8.50. The van der Waals surface area contributed by atoms with Crippen molar-refractivity contribution in [2.75, 3.05) is 6.61 Å². The lowest BCUT2D eigenvalue weighted by atomic mass is 9.97. The molecule has 0 unspecified atom stereocenters. The van der Waals surface area contributed by atoms with E-state index >= 15 is 0 Å². The van der Waals surface area contributed by atoms with E-state index in [1.165, 1.54) is 0 Å². The van der Waals surface area contributed by atoms with Crippen LogP contribution in [0.5, 0.6) is 0 Å². The monoisotopic (exact) mass is 565 g/mol. The lowest BCUT2D eigenvalue weighted by Crippen LogP contribution is -2.60. The summed E-state index contributed by atoms with van der Waals surface area (Å²) < 4.78 is 32.0. The Bertz CT molecular complexity index is 1370. The van der Waals surface area contributed by atoms with Crippen molar-refractivity contribution in [3.63, 3.8) is 0 Å². The van der Waals surface area contributed by atoms with Gasteiger partial charge >= 0.3 is 0 Å². The topological polar surface area (TPSA) is 94.9 Å². The summed E-state index contributed by atoms with van der Waals surface area (Å²) in [5.41, 5.74) is 13.5. The highest BCUT2D eigenvalue weighted by atomic mass is 16.6. The summed E-state index contributed by atoms with van der Waals surface area (Å²) in [5.74, 6) is 0. The van der Waals surface area contributed by atoms with Crippen LogP contribution in [0.2, 0.25) is 0 Å². The van der Waals surface area contributed by atoms with E-state index in [0.29, 0.717) is 19.8 Å². The second-order valence-electron chi connectivity index (χ2n) is 10.1. The van der Waals surface area contributed by atoms with Crippen molar-refractivity contribution < 1.29 is 23.7 Å². The Morgan fingerprint density at radius 3 is 1.40 bits per heavy atom. The van der Waals surface area contributed by atoms with E-state index < -0.39 is 30.6 Å². The zero-order valence-corrected chi connectivity index (χ0v) is 23.4. The molecule has 0 spiro atoms. The van der Waals surface area contributed by atoms with Crippen molar-refractivity contribution in [1.82, 2.24) is 0 Å². The Labute approximate surface area is 246 Å². The summed E-state index contributed by atoms with van der Waals surface area (Å²) >= 11 is 0. The zero-order chi connectivity index (χ0) is 28.8. The zero-order valence-electron chi connectivity index (χ0n) is 23.4. The first-order valence-electron chi connectivity index (χ1n) is 14.1. The SMILES string of the molecule is [N-]=[N+]=N[C@H]1O[C@H](COCc2ccccc2)[C@@H](OCc2ccccc2)[C@H](OCc2ccccc2)[C@H]1OCc1ccccc1. The fourth-order valence-corrected chi connectivity index (χ4v) is 4.91. The molecule has 0 saturated carbocycles. The van der Waals surface area contributed by atoms with Gasteiger partial charge in [-0.1, -0.05) is 126 Å². The molecule has 8 nitrogen and oxygen atoms in total. The summed E-state index contributed by atoms with van der Waals surface area (Å²) in [6.45, 7) is 1.57. The molecule has 0 bridgehead atoms. The largest absolute Gasteiger partial charge is 0.374 e. The van der Waals surface area contributed by atoms with Crippen molar-refractivity contribution in [3.05, 3.63) is 154 Å². The maximum atomic E-state index is 9.46. The quantitative estimate of drug-likeness (QED) is 0.0933. The smallest absolute Gasteiger partial charge is 0.165 e. The summed E-state index contributed by atoms with van der Waals surface area (Å²) in [6, 6.07) is 39.6. The summed E-state index contributed by atoms with van der Waals surface area (Å²) in [7, 11) is 0. The van der Waals surface area contributed by atoms with Crippen LogP contribution in [0.3, 0.4) is 0 Å². The third-order valence-corrected chi connectivity index (χ3v) is 7.02. The van der Waals surface area contributed by atoms with Crippen molar-refractivity contribution >= 4 is 0 Å². The van der Waals surface area contributed by atoms with Crippen LogP contribution in [0.1, 0.15) is 22.3 Å². The van der Waals surface area contributed by atoms with Crippen molar-refractivity contribution in [3.8, 4) is 0 Å². The highest BCUT2D eigenvalue weighted by molar-refractivity contribution is 5.16. The van der Waals surface area contributed by atoms with Gasteiger partial charge in [0.05, 0.1) is 33.0 Å². The van der Waals surface area contributed by atoms with Crippen LogP contribution >= 0.6 is 0 Å². The van der Waals surface area contributed by atoms with Gasteiger partial charge in [0.1, 0.15) is 24.4 Å². The molecule has 0 N–H and O–H groups in total. The van der Waals surface area contributed by atoms with Crippen molar-refractivity contribution in [2.45, 2.75) is 57.1 Å². The van der Waals surface area contributed by atoms with Crippen LogP contribution in [-0.2, 0) is 50.1 Å². The number of ether oxygens (including phenoxy) is 5. The lowest BCUT2D eigenvalue weighted by Gasteiger charge is -2.45. The lowest BCUT2D eigenvalue weighted by molar-refractivity contribution is -0.271. The number of nitrogens with zero attached hydrogens (tertiary/aromatic N) is 3. The van der Waals surface area contributed by atoms with Crippen LogP contribution < -0.4 is 0 Å². The molecule has 1 heterocycles. The molecule has 5 rings (SSSR count). The van der Waals surface area contributed by atoms with Gasteiger partial charge in [-0.15, -0.1) is 0 Å². The maximum Gasteiger partial charge on any atom is 0.165 e. The van der Waals surface area contributed by atoms with Gasteiger partial charge in [-0.25, -0.2) is 0 Å². The number of hydrogen-bond acceptors (Lipinski definition) is 6. The second kappa shape index (κ2) is 15.8. The molecule has 0 aliphatic carbocycles. The molecule has 4 aromatic rings. The predicted molar refractivity (Wildman–Crippen MR) is 159 cm³/mol. The van der Waals surface area contributed by atoms with Gasteiger partial charge in [-0.3, -0.25) is 0 Å². The van der Waals surface area contributed by atoms with Crippen molar-refractivity contribution in [2.24, 2.45) is 5.11 Å². The van der Waals surface area contributed by atoms with Crippen LogP contribution in [0.15, 0.2) is 126 Å². The van der Waals surface area contributed by atoms with E-state index in [9.17, 15) is 5.53 Å².